The Morgan fingerprint density at radius 3 is 2.39 bits per heavy atom. The normalized spacial score (nSPS) is 11.8. The molecule has 3 nitrogen and oxygen atoms in total. The van der Waals surface area contributed by atoms with Gasteiger partial charge >= 0.3 is 6.18 Å². The summed E-state index contributed by atoms with van der Waals surface area (Å²) in [6, 6.07) is 3.91. The molecular formula is C11H8F4N2O. The molecule has 18 heavy (non-hydrogen) atoms. The first-order valence-corrected chi connectivity index (χ1v) is 4.95. The zero-order chi connectivity index (χ0) is 13.5. The number of hydrogen-bond acceptors (Lipinski definition) is 1. The van der Waals surface area contributed by atoms with E-state index >= 15 is 0 Å². The van der Waals surface area contributed by atoms with Crippen LogP contribution < -0.4 is 5.56 Å². The molecule has 1 aromatic heterocycles. The summed E-state index contributed by atoms with van der Waals surface area (Å²) < 4.78 is 50.9. The lowest BCUT2D eigenvalue weighted by Gasteiger charge is -2.07. The molecule has 0 bridgehead atoms. The second-order valence-corrected chi connectivity index (χ2v) is 3.77. The van der Waals surface area contributed by atoms with Crippen LogP contribution in [0.25, 0.3) is 5.69 Å². The first-order chi connectivity index (χ1) is 8.29. The van der Waals surface area contributed by atoms with Crippen LogP contribution >= 0.6 is 0 Å². The Morgan fingerprint density at radius 2 is 1.89 bits per heavy atom. The average molecular weight is 260 g/mol. The number of nitrogens with zero attached hydrogens (tertiary/aromatic N) is 1. The number of H-pyrrole nitrogens is 1. The lowest BCUT2D eigenvalue weighted by atomic mass is 10.2. The van der Waals surface area contributed by atoms with E-state index in [2.05, 4.69) is 0 Å². The highest BCUT2D eigenvalue weighted by molar-refractivity contribution is 5.39. The largest absolute Gasteiger partial charge is 0.432 e. The summed E-state index contributed by atoms with van der Waals surface area (Å²) >= 11 is 0. The minimum Gasteiger partial charge on any atom is -0.286 e. The van der Waals surface area contributed by atoms with Crippen molar-refractivity contribution in [1.82, 2.24) is 9.78 Å². The van der Waals surface area contributed by atoms with E-state index in [1.54, 1.807) is 0 Å². The van der Waals surface area contributed by atoms with E-state index in [1.807, 2.05) is 5.10 Å². The average Bonchev–Trinajstić information content (AvgIpc) is 2.60. The Labute approximate surface area is 98.6 Å². The third kappa shape index (κ3) is 2.15. The highest BCUT2D eigenvalue weighted by Gasteiger charge is 2.33. The van der Waals surface area contributed by atoms with E-state index in [4.69, 9.17) is 0 Å². The van der Waals surface area contributed by atoms with Gasteiger partial charge in [-0.05, 0) is 30.7 Å². The van der Waals surface area contributed by atoms with Crippen molar-refractivity contribution in [2.75, 3.05) is 0 Å². The molecule has 0 fully saturated rings. The first-order valence-electron chi connectivity index (χ1n) is 4.95. The zero-order valence-corrected chi connectivity index (χ0v) is 9.18. The van der Waals surface area contributed by atoms with Crippen LogP contribution in [-0.4, -0.2) is 9.78 Å². The number of halogens is 4. The fourth-order valence-corrected chi connectivity index (χ4v) is 1.59. The maximum Gasteiger partial charge on any atom is 0.432 e. The number of aromatic amines is 1. The molecule has 0 atom stereocenters. The number of hydrogen-bond donors (Lipinski definition) is 1. The summed E-state index contributed by atoms with van der Waals surface area (Å²) in [7, 11) is 0. The van der Waals surface area contributed by atoms with E-state index in [0.717, 1.165) is 16.8 Å². The second kappa shape index (κ2) is 4.01. The molecule has 7 heteroatoms. The van der Waals surface area contributed by atoms with Crippen molar-refractivity contribution in [3.63, 3.8) is 0 Å². The number of aryl methyl sites for hydroxylation is 1. The van der Waals surface area contributed by atoms with Gasteiger partial charge in [-0.1, -0.05) is 0 Å². The Bertz CT molecular complexity index is 639. The standard InChI is InChI=1S/C11H8F4N2O/c1-6-4-7(12)2-3-8(6)17-10(18)5-9(16-17)11(13,14)15/h2-5,16H,1H3. The molecule has 0 saturated heterocycles. The van der Waals surface area contributed by atoms with Crippen LogP contribution in [0.4, 0.5) is 17.6 Å². The van der Waals surface area contributed by atoms with Gasteiger partial charge in [0.05, 0.1) is 5.69 Å². The maximum absolute atomic E-state index is 12.9. The van der Waals surface area contributed by atoms with Crippen molar-refractivity contribution in [2.45, 2.75) is 13.1 Å². The predicted octanol–water partition coefficient (Wildman–Crippen LogP) is 2.63. The monoisotopic (exact) mass is 260 g/mol. The van der Waals surface area contributed by atoms with Gasteiger partial charge in [0.2, 0.25) is 0 Å². The Balaban J connectivity index is 2.58. The van der Waals surface area contributed by atoms with Gasteiger partial charge in [0.15, 0.2) is 0 Å². The van der Waals surface area contributed by atoms with Crippen LogP contribution in [0.2, 0.25) is 0 Å². The van der Waals surface area contributed by atoms with E-state index in [9.17, 15) is 22.4 Å². The van der Waals surface area contributed by atoms with Crippen LogP contribution in [0.1, 0.15) is 11.3 Å². The Kier molecular flexibility index (Phi) is 2.76. The molecule has 0 spiro atoms. The molecule has 2 rings (SSSR count). The molecule has 1 aromatic carbocycles. The topological polar surface area (TPSA) is 37.8 Å². The van der Waals surface area contributed by atoms with Gasteiger partial charge in [-0.15, -0.1) is 0 Å². The van der Waals surface area contributed by atoms with Crippen molar-refractivity contribution in [3.8, 4) is 5.69 Å². The van der Waals surface area contributed by atoms with Gasteiger partial charge in [0, 0.05) is 6.07 Å². The molecule has 96 valence electrons. The fraction of sp³-hybridized carbons (Fsp3) is 0.182. The van der Waals surface area contributed by atoms with Crippen LogP contribution in [-0.2, 0) is 6.18 Å². The highest BCUT2D eigenvalue weighted by Crippen LogP contribution is 2.27. The van der Waals surface area contributed by atoms with Gasteiger partial charge in [-0.25, -0.2) is 9.07 Å². The molecule has 2 aromatic rings. The Hall–Kier alpha value is -2.05. The van der Waals surface area contributed by atoms with Gasteiger partial charge < -0.3 is 0 Å². The zero-order valence-electron chi connectivity index (χ0n) is 9.18. The molecule has 0 unspecified atom stereocenters. The molecule has 1 heterocycles. The molecule has 0 aliphatic heterocycles. The van der Waals surface area contributed by atoms with E-state index < -0.39 is 23.2 Å². The quantitative estimate of drug-likeness (QED) is 0.786. The predicted molar refractivity (Wildman–Crippen MR) is 56.1 cm³/mol. The van der Waals surface area contributed by atoms with E-state index in [-0.39, 0.29) is 5.69 Å². The van der Waals surface area contributed by atoms with Crippen LogP contribution in [0.15, 0.2) is 29.1 Å². The second-order valence-electron chi connectivity index (χ2n) is 3.77. The number of aromatic nitrogens is 2. The summed E-state index contributed by atoms with van der Waals surface area (Å²) in [6.07, 6.45) is -4.63. The minimum atomic E-state index is -4.63. The van der Waals surface area contributed by atoms with Gasteiger partial charge in [0.25, 0.3) is 5.56 Å². The maximum atomic E-state index is 12.9. The number of alkyl halides is 3. The van der Waals surface area contributed by atoms with Crippen molar-refractivity contribution in [2.24, 2.45) is 0 Å². The third-order valence-corrected chi connectivity index (χ3v) is 2.43. The first kappa shape index (κ1) is 12.4. The van der Waals surface area contributed by atoms with E-state index in [0.29, 0.717) is 11.6 Å². The summed E-state index contributed by atoms with van der Waals surface area (Å²) in [5, 5.41) is 1.95. The fourth-order valence-electron chi connectivity index (χ4n) is 1.59. The number of benzene rings is 1. The lowest BCUT2D eigenvalue weighted by molar-refractivity contribution is -0.141. The van der Waals surface area contributed by atoms with Gasteiger partial charge in [-0.2, -0.15) is 13.2 Å². The summed E-state index contributed by atoms with van der Waals surface area (Å²) in [4.78, 5) is 11.5. The highest BCUT2D eigenvalue weighted by atomic mass is 19.4. The molecule has 0 amide bonds. The molecule has 1 N–H and O–H groups in total. The number of rotatable bonds is 1. The van der Waals surface area contributed by atoms with Crippen LogP contribution in [0.3, 0.4) is 0 Å². The summed E-state index contributed by atoms with van der Waals surface area (Å²) in [6.45, 7) is 1.50. The Morgan fingerprint density at radius 1 is 1.22 bits per heavy atom. The molecule has 0 saturated carbocycles. The molecule has 0 radical (unpaired) electrons. The molecule has 0 aliphatic carbocycles. The van der Waals surface area contributed by atoms with Crippen molar-refractivity contribution in [1.29, 1.82) is 0 Å². The SMILES string of the molecule is Cc1cc(F)ccc1-n1[nH]c(C(F)(F)F)cc1=O. The lowest BCUT2D eigenvalue weighted by Crippen LogP contribution is -2.14. The van der Waals surface area contributed by atoms with Gasteiger partial charge in [-0.3, -0.25) is 9.89 Å². The van der Waals surface area contributed by atoms with Crippen molar-refractivity contribution >= 4 is 0 Å². The van der Waals surface area contributed by atoms with Gasteiger partial charge in [0.1, 0.15) is 11.5 Å². The van der Waals surface area contributed by atoms with Crippen molar-refractivity contribution in [3.05, 3.63) is 51.7 Å². The molecule has 0 aliphatic rings. The van der Waals surface area contributed by atoms with Crippen LogP contribution in [0, 0.1) is 12.7 Å². The molecular weight excluding hydrogens is 252 g/mol. The number of nitrogens with one attached hydrogen (secondary N) is 1. The van der Waals surface area contributed by atoms with Crippen molar-refractivity contribution < 1.29 is 17.6 Å². The van der Waals surface area contributed by atoms with E-state index in [1.165, 1.54) is 13.0 Å². The smallest absolute Gasteiger partial charge is 0.286 e. The third-order valence-electron chi connectivity index (χ3n) is 2.43. The summed E-state index contributed by atoms with van der Waals surface area (Å²) in [5.74, 6) is -0.521. The van der Waals surface area contributed by atoms with Crippen LogP contribution in [0.5, 0.6) is 0 Å². The summed E-state index contributed by atoms with van der Waals surface area (Å²) in [5.41, 5.74) is -1.46. The minimum absolute atomic E-state index is 0.178.